The zero-order valence-corrected chi connectivity index (χ0v) is 12.2. The number of hydrogen-bond acceptors (Lipinski definition) is 4. The second kappa shape index (κ2) is 5.59. The van der Waals surface area contributed by atoms with Crippen molar-refractivity contribution < 1.29 is 0 Å². The van der Waals surface area contributed by atoms with Crippen LogP contribution in [0.25, 0.3) is 11.4 Å². The molecule has 0 aliphatic heterocycles. The second-order valence-corrected chi connectivity index (χ2v) is 5.26. The van der Waals surface area contributed by atoms with E-state index >= 15 is 0 Å². The monoisotopic (exact) mass is 261 g/mol. The van der Waals surface area contributed by atoms with E-state index in [0.717, 1.165) is 35.7 Å². The van der Waals surface area contributed by atoms with E-state index in [9.17, 15) is 0 Å². The average molecular weight is 261 g/mol. The van der Waals surface area contributed by atoms with Crippen molar-refractivity contribution in [2.45, 2.75) is 27.2 Å². The molecule has 0 aliphatic rings. The molecular weight excluding hydrogens is 242 g/mol. The third-order valence-electron chi connectivity index (χ3n) is 3.14. The summed E-state index contributed by atoms with van der Waals surface area (Å²) in [6.07, 6.45) is 0.983. The predicted octanol–water partition coefficient (Wildman–Crippen LogP) is 2.89. The fourth-order valence-electron chi connectivity index (χ4n) is 2.06. The molecule has 4 heteroatoms. The fraction of sp³-hybridized carbons (Fsp3) is 0.429. The molecule has 0 unspecified atom stereocenters. The van der Waals surface area contributed by atoms with E-state index in [1.165, 1.54) is 11.1 Å². The van der Waals surface area contributed by atoms with Crippen LogP contribution < -0.4 is 5.32 Å². The van der Waals surface area contributed by atoms with E-state index in [0.29, 0.717) is 0 Å². The number of aryl methyl sites for hydroxylation is 3. The van der Waals surface area contributed by atoms with E-state index in [4.69, 9.17) is 0 Å². The van der Waals surface area contributed by atoms with Crippen LogP contribution in [0.15, 0.2) is 10.8 Å². The molecule has 3 nitrogen and oxygen atoms in total. The molecule has 1 N–H and O–H groups in total. The number of hydrogen-bond donors (Lipinski definition) is 1. The molecule has 18 heavy (non-hydrogen) atoms. The van der Waals surface area contributed by atoms with Gasteiger partial charge < -0.3 is 5.32 Å². The first kappa shape index (κ1) is 13.2. The first-order valence-electron chi connectivity index (χ1n) is 6.15. The van der Waals surface area contributed by atoms with Gasteiger partial charge in [-0.3, -0.25) is 0 Å². The van der Waals surface area contributed by atoms with Crippen LogP contribution in [0.1, 0.15) is 22.5 Å². The molecule has 0 amide bonds. The Bertz CT molecular complexity index is 523. The Morgan fingerprint density at radius 3 is 2.28 bits per heavy atom. The summed E-state index contributed by atoms with van der Waals surface area (Å²) in [5.74, 6) is 0.858. The van der Waals surface area contributed by atoms with E-state index in [1.807, 2.05) is 7.05 Å². The van der Waals surface area contributed by atoms with Gasteiger partial charge in [-0.1, -0.05) is 0 Å². The van der Waals surface area contributed by atoms with E-state index in [1.54, 1.807) is 11.3 Å². The zero-order chi connectivity index (χ0) is 13.1. The molecule has 2 rings (SSSR count). The Morgan fingerprint density at radius 2 is 1.78 bits per heavy atom. The standard InChI is InChI=1S/C14H19N3S/c1-9-7-18-8-13(9)14-16-10(2)12(5-6-15-4)11(3)17-14/h7-8,15H,5-6H2,1-4H3. The average Bonchev–Trinajstić information content (AvgIpc) is 2.74. The summed E-state index contributed by atoms with van der Waals surface area (Å²) < 4.78 is 0. The van der Waals surface area contributed by atoms with Gasteiger partial charge >= 0.3 is 0 Å². The van der Waals surface area contributed by atoms with Crippen molar-refractivity contribution in [1.82, 2.24) is 15.3 Å². The van der Waals surface area contributed by atoms with Gasteiger partial charge in [-0.25, -0.2) is 9.97 Å². The summed E-state index contributed by atoms with van der Waals surface area (Å²) in [4.78, 5) is 9.32. The third kappa shape index (κ3) is 2.60. The van der Waals surface area contributed by atoms with E-state index < -0.39 is 0 Å². The highest BCUT2D eigenvalue weighted by molar-refractivity contribution is 7.08. The summed E-state index contributed by atoms with van der Waals surface area (Å²) in [6.45, 7) is 7.21. The third-order valence-corrected chi connectivity index (χ3v) is 4.00. The van der Waals surface area contributed by atoms with E-state index in [2.05, 4.69) is 46.8 Å². The molecule has 0 radical (unpaired) electrons. The smallest absolute Gasteiger partial charge is 0.160 e. The summed E-state index contributed by atoms with van der Waals surface area (Å²) >= 11 is 1.70. The highest BCUT2D eigenvalue weighted by Crippen LogP contribution is 2.25. The van der Waals surface area contributed by atoms with Crippen molar-refractivity contribution in [1.29, 1.82) is 0 Å². The maximum atomic E-state index is 4.66. The Kier molecular flexibility index (Phi) is 4.09. The largest absolute Gasteiger partial charge is 0.319 e. The van der Waals surface area contributed by atoms with E-state index in [-0.39, 0.29) is 0 Å². The van der Waals surface area contributed by atoms with Crippen LogP contribution in [0.5, 0.6) is 0 Å². The van der Waals surface area contributed by atoms with Crippen molar-refractivity contribution >= 4 is 11.3 Å². The van der Waals surface area contributed by atoms with Gasteiger partial charge in [-0.15, -0.1) is 0 Å². The van der Waals surface area contributed by atoms with Gasteiger partial charge in [0.05, 0.1) is 0 Å². The van der Waals surface area contributed by atoms with Crippen LogP contribution in [-0.2, 0) is 6.42 Å². The predicted molar refractivity (Wildman–Crippen MR) is 77.2 cm³/mol. The summed E-state index contributed by atoms with van der Waals surface area (Å²) in [7, 11) is 1.97. The Labute approximate surface area is 112 Å². The molecule has 2 aromatic rings. The van der Waals surface area contributed by atoms with Crippen LogP contribution in [0.3, 0.4) is 0 Å². The molecule has 2 heterocycles. The maximum absolute atomic E-state index is 4.66. The first-order chi connectivity index (χ1) is 8.63. The van der Waals surface area contributed by atoms with Crippen molar-refractivity contribution in [3.05, 3.63) is 33.3 Å². The minimum absolute atomic E-state index is 0.858. The summed E-state index contributed by atoms with van der Waals surface area (Å²) in [6, 6.07) is 0. The summed E-state index contributed by atoms with van der Waals surface area (Å²) in [5, 5.41) is 7.43. The van der Waals surface area contributed by atoms with Gasteiger partial charge in [0, 0.05) is 22.3 Å². The van der Waals surface area contributed by atoms with Gasteiger partial charge in [0.25, 0.3) is 0 Å². The van der Waals surface area contributed by atoms with Crippen molar-refractivity contribution in [3.63, 3.8) is 0 Å². The van der Waals surface area contributed by atoms with Crippen molar-refractivity contribution in [2.24, 2.45) is 0 Å². The maximum Gasteiger partial charge on any atom is 0.160 e. The zero-order valence-electron chi connectivity index (χ0n) is 11.4. The number of nitrogens with zero attached hydrogens (tertiary/aromatic N) is 2. The van der Waals surface area contributed by atoms with Crippen LogP contribution in [0, 0.1) is 20.8 Å². The van der Waals surface area contributed by atoms with Crippen LogP contribution in [0.2, 0.25) is 0 Å². The molecule has 2 aromatic heterocycles. The lowest BCUT2D eigenvalue weighted by molar-refractivity contribution is 0.774. The molecular formula is C14H19N3S. The topological polar surface area (TPSA) is 37.8 Å². The lowest BCUT2D eigenvalue weighted by Crippen LogP contribution is -2.13. The Morgan fingerprint density at radius 1 is 1.11 bits per heavy atom. The van der Waals surface area contributed by atoms with Gasteiger partial charge in [-0.05, 0) is 57.3 Å². The Balaban J connectivity index is 2.39. The lowest BCUT2D eigenvalue weighted by Gasteiger charge is -2.10. The quantitative estimate of drug-likeness (QED) is 0.919. The number of rotatable bonds is 4. The minimum Gasteiger partial charge on any atom is -0.319 e. The number of likely N-dealkylation sites (N-methyl/N-ethyl adjacent to an activating group) is 1. The second-order valence-electron chi connectivity index (χ2n) is 4.52. The normalized spacial score (nSPS) is 10.9. The van der Waals surface area contributed by atoms with Crippen molar-refractivity contribution in [3.8, 4) is 11.4 Å². The van der Waals surface area contributed by atoms with Crippen LogP contribution in [-0.4, -0.2) is 23.6 Å². The first-order valence-corrected chi connectivity index (χ1v) is 7.09. The highest BCUT2D eigenvalue weighted by atomic mass is 32.1. The van der Waals surface area contributed by atoms with Crippen LogP contribution in [0.4, 0.5) is 0 Å². The molecule has 96 valence electrons. The highest BCUT2D eigenvalue weighted by Gasteiger charge is 2.11. The molecule has 0 aliphatic carbocycles. The fourth-order valence-corrected chi connectivity index (χ4v) is 2.89. The van der Waals surface area contributed by atoms with Gasteiger partial charge in [-0.2, -0.15) is 11.3 Å². The number of nitrogens with one attached hydrogen (secondary N) is 1. The van der Waals surface area contributed by atoms with Gasteiger partial charge in [0.2, 0.25) is 0 Å². The van der Waals surface area contributed by atoms with Crippen molar-refractivity contribution in [2.75, 3.05) is 13.6 Å². The molecule has 0 spiro atoms. The Hall–Kier alpha value is -1.26. The van der Waals surface area contributed by atoms with Gasteiger partial charge in [0.15, 0.2) is 5.82 Å². The lowest BCUT2D eigenvalue weighted by atomic mass is 10.1. The number of aromatic nitrogens is 2. The van der Waals surface area contributed by atoms with Gasteiger partial charge in [0.1, 0.15) is 0 Å². The molecule has 0 aromatic carbocycles. The molecule has 0 fully saturated rings. The molecule has 0 atom stereocenters. The molecule has 0 saturated heterocycles. The SMILES string of the molecule is CNCCc1c(C)nc(-c2cscc2C)nc1C. The van der Waals surface area contributed by atoms with Crippen LogP contribution >= 0.6 is 11.3 Å². The molecule has 0 bridgehead atoms. The minimum atomic E-state index is 0.858. The summed E-state index contributed by atoms with van der Waals surface area (Å²) in [5.41, 5.74) is 5.87. The molecule has 0 saturated carbocycles. The number of thiophene rings is 1.